The fourth-order valence-electron chi connectivity index (χ4n) is 9.14. The van der Waals surface area contributed by atoms with Crippen molar-refractivity contribution >= 4 is 43.6 Å². The number of benzene rings is 8. The highest BCUT2D eigenvalue weighted by Gasteiger charge is 2.24. The maximum atomic E-state index is 11.5. The monoisotopic (exact) mass is 742 g/mol. The number of aryl methyl sites for hydroxylation is 4. The molecule has 274 valence electrons. The van der Waals surface area contributed by atoms with Gasteiger partial charge >= 0.3 is 0 Å². The molecule has 4 nitrogen and oxygen atoms in total. The number of para-hydroxylation sites is 2. The van der Waals surface area contributed by atoms with Gasteiger partial charge in [-0.2, -0.15) is 10.5 Å². The van der Waals surface area contributed by atoms with Gasteiger partial charge in [0.1, 0.15) is 11.6 Å². The Morgan fingerprint density at radius 3 is 1.33 bits per heavy atom. The summed E-state index contributed by atoms with van der Waals surface area (Å²) in [4.78, 5) is 0. The van der Waals surface area contributed by atoms with Crippen LogP contribution in [-0.4, -0.2) is 9.13 Å². The molecule has 2 heterocycles. The van der Waals surface area contributed by atoms with Crippen LogP contribution in [0.2, 0.25) is 0 Å². The minimum atomic E-state index is 0.539. The van der Waals surface area contributed by atoms with E-state index in [1.165, 1.54) is 33.4 Å². The van der Waals surface area contributed by atoms with E-state index in [0.29, 0.717) is 11.1 Å². The molecule has 0 saturated carbocycles. The van der Waals surface area contributed by atoms with Crippen molar-refractivity contribution in [3.63, 3.8) is 0 Å². The Hall–Kier alpha value is -7.66. The van der Waals surface area contributed by atoms with Gasteiger partial charge in [0.25, 0.3) is 0 Å². The van der Waals surface area contributed by atoms with Gasteiger partial charge in [0.05, 0.1) is 45.1 Å². The zero-order valence-electron chi connectivity index (χ0n) is 32.8. The molecule has 2 aromatic heterocycles. The minimum absolute atomic E-state index is 0.539. The molecule has 0 spiro atoms. The summed E-state index contributed by atoms with van der Waals surface area (Å²) in [6, 6.07) is 60.5. The molecule has 58 heavy (non-hydrogen) atoms. The standard InChI is InChI=1S/C54H38N4/c1-33-17-21-41(35(3)25-33)37-19-23-46-44-13-7-9-15-49(44)57(51(46)27-37)53-29-40(43-12-6-5-11-39(43)31-55)30-54(48(53)32-56)58-50-16-10-8-14-45(50)47-24-20-38(28-52(47)58)42-22-18-34(2)26-36(42)4/h5-30H,1-4H3. The molecule has 0 saturated heterocycles. The third-order valence-corrected chi connectivity index (χ3v) is 11.8. The van der Waals surface area contributed by atoms with E-state index in [2.05, 4.69) is 182 Å². The molecule has 10 aromatic rings. The summed E-state index contributed by atoms with van der Waals surface area (Å²) in [5.41, 5.74) is 17.7. The van der Waals surface area contributed by atoms with Crippen molar-refractivity contribution in [2.45, 2.75) is 27.7 Å². The number of aromatic nitrogens is 2. The van der Waals surface area contributed by atoms with Gasteiger partial charge in [-0.05, 0) is 115 Å². The van der Waals surface area contributed by atoms with Crippen molar-refractivity contribution in [3.05, 3.63) is 191 Å². The van der Waals surface area contributed by atoms with Crippen LogP contribution in [0.5, 0.6) is 0 Å². The van der Waals surface area contributed by atoms with E-state index in [4.69, 9.17) is 0 Å². The molecular weight excluding hydrogens is 705 g/mol. The maximum Gasteiger partial charge on any atom is 0.104 e. The van der Waals surface area contributed by atoms with Crippen LogP contribution in [0.25, 0.3) is 88.4 Å². The molecule has 4 heteroatoms. The van der Waals surface area contributed by atoms with Crippen LogP contribution in [0, 0.1) is 50.4 Å². The van der Waals surface area contributed by atoms with E-state index >= 15 is 0 Å². The lowest BCUT2D eigenvalue weighted by Crippen LogP contribution is -2.05. The van der Waals surface area contributed by atoms with Crippen LogP contribution in [-0.2, 0) is 0 Å². The topological polar surface area (TPSA) is 57.4 Å². The van der Waals surface area contributed by atoms with Crippen LogP contribution >= 0.6 is 0 Å². The third kappa shape index (κ3) is 5.42. The zero-order chi connectivity index (χ0) is 39.7. The van der Waals surface area contributed by atoms with Crippen LogP contribution in [0.1, 0.15) is 33.4 Å². The Morgan fingerprint density at radius 1 is 0.379 bits per heavy atom. The fourth-order valence-corrected chi connectivity index (χ4v) is 9.14. The highest BCUT2D eigenvalue weighted by atomic mass is 15.0. The number of rotatable bonds is 5. The Kier molecular flexibility index (Phi) is 8.11. The lowest BCUT2D eigenvalue weighted by Gasteiger charge is -2.19. The lowest BCUT2D eigenvalue weighted by molar-refractivity contribution is 1.12. The molecule has 0 N–H and O–H groups in total. The van der Waals surface area contributed by atoms with Crippen molar-refractivity contribution in [1.82, 2.24) is 9.13 Å². The quantitative estimate of drug-likeness (QED) is 0.176. The van der Waals surface area contributed by atoms with Gasteiger partial charge in [-0.3, -0.25) is 0 Å². The molecule has 0 fully saturated rings. The van der Waals surface area contributed by atoms with E-state index in [-0.39, 0.29) is 0 Å². The van der Waals surface area contributed by atoms with E-state index in [0.717, 1.165) is 77.2 Å². The van der Waals surface area contributed by atoms with E-state index < -0.39 is 0 Å². The van der Waals surface area contributed by atoms with E-state index in [9.17, 15) is 10.5 Å². The van der Waals surface area contributed by atoms with Crippen LogP contribution in [0.3, 0.4) is 0 Å². The Labute approximate surface area is 337 Å². The molecule has 8 aromatic carbocycles. The van der Waals surface area contributed by atoms with Crippen molar-refractivity contribution in [3.8, 4) is 56.9 Å². The molecule has 10 rings (SSSR count). The highest BCUT2D eigenvalue weighted by Crippen LogP contribution is 2.42. The average Bonchev–Trinajstić information content (AvgIpc) is 3.75. The molecular formula is C54H38N4. The molecule has 0 aliphatic carbocycles. The Morgan fingerprint density at radius 2 is 0.845 bits per heavy atom. The molecule has 0 unspecified atom stereocenters. The Balaban J connectivity index is 1.35. The summed E-state index contributed by atoms with van der Waals surface area (Å²) in [6.07, 6.45) is 0. The van der Waals surface area contributed by atoms with Crippen LogP contribution in [0.4, 0.5) is 0 Å². The normalized spacial score (nSPS) is 11.4. The van der Waals surface area contributed by atoms with Gasteiger partial charge in [0.15, 0.2) is 0 Å². The summed E-state index contributed by atoms with van der Waals surface area (Å²) in [5, 5.41) is 26.3. The summed E-state index contributed by atoms with van der Waals surface area (Å²) in [5.74, 6) is 0. The van der Waals surface area contributed by atoms with E-state index in [1.807, 2.05) is 24.3 Å². The molecule has 0 bridgehead atoms. The van der Waals surface area contributed by atoms with E-state index in [1.54, 1.807) is 0 Å². The third-order valence-electron chi connectivity index (χ3n) is 11.8. The number of hydrogen-bond donors (Lipinski definition) is 0. The SMILES string of the molecule is Cc1ccc(-c2ccc3c4ccccc4n(-c4cc(-c5ccccc5C#N)cc(-n5c6ccccc6c6ccc(-c7ccc(C)cc7C)cc65)c4C#N)c3c2)c(C)c1. The second kappa shape index (κ2) is 13.5. The van der Waals surface area contributed by atoms with Gasteiger partial charge in [-0.25, -0.2) is 0 Å². The molecule has 0 aliphatic rings. The number of nitrogens with zero attached hydrogens (tertiary/aromatic N) is 4. The van der Waals surface area contributed by atoms with Crippen molar-refractivity contribution in [2.75, 3.05) is 0 Å². The number of hydrogen-bond acceptors (Lipinski definition) is 2. The minimum Gasteiger partial charge on any atom is -0.308 e. The zero-order valence-corrected chi connectivity index (χ0v) is 32.8. The second-order valence-corrected chi connectivity index (χ2v) is 15.5. The highest BCUT2D eigenvalue weighted by molar-refractivity contribution is 6.12. The smallest absolute Gasteiger partial charge is 0.104 e. The number of nitriles is 2. The molecule has 0 amide bonds. The summed E-state index contributed by atoms with van der Waals surface area (Å²) in [6.45, 7) is 8.57. The van der Waals surface area contributed by atoms with Gasteiger partial charge < -0.3 is 9.13 Å². The summed E-state index contributed by atoms with van der Waals surface area (Å²) in [7, 11) is 0. The first-order valence-electron chi connectivity index (χ1n) is 19.6. The molecule has 0 aliphatic heterocycles. The molecule has 0 atom stereocenters. The summed E-state index contributed by atoms with van der Waals surface area (Å²) < 4.78 is 4.51. The van der Waals surface area contributed by atoms with Crippen molar-refractivity contribution < 1.29 is 0 Å². The fraction of sp³-hybridized carbons (Fsp3) is 0.0741. The maximum absolute atomic E-state index is 11.5. The first-order chi connectivity index (χ1) is 28.3. The first-order valence-corrected chi connectivity index (χ1v) is 19.6. The largest absolute Gasteiger partial charge is 0.308 e. The predicted octanol–water partition coefficient (Wildman–Crippen LogP) is 13.9. The average molecular weight is 743 g/mol. The van der Waals surface area contributed by atoms with Crippen LogP contribution in [0.15, 0.2) is 158 Å². The van der Waals surface area contributed by atoms with Crippen molar-refractivity contribution in [2.24, 2.45) is 0 Å². The summed E-state index contributed by atoms with van der Waals surface area (Å²) >= 11 is 0. The van der Waals surface area contributed by atoms with Crippen LogP contribution < -0.4 is 0 Å². The lowest BCUT2D eigenvalue weighted by atomic mass is 9.96. The second-order valence-electron chi connectivity index (χ2n) is 15.5. The predicted molar refractivity (Wildman–Crippen MR) is 240 cm³/mol. The van der Waals surface area contributed by atoms with Gasteiger partial charge in [-0.15, -0.1) is 0 Å². The molecule has 0 radical (unpaired) electrons. The Bertz CT molecular complexity index is 3220. The van der Waals surface area contributed by atoms with Gasteiger partial charge in [-0.1, -0.05) is 126 Å². The van der Waals surface area contributed by atoms with Crippen molar-refractivity contribution in [1.29, 1.82) is 10.5 Å². The number of fused-ring (bicyclic) bond motifs is 6. The van der Waals surface area contributed by atoms with Gasteiger partial charge in [0.2, 0.25) is 0 Å². The first kappa shape index (κ1) is 34.8. The van der Waals surface area contributed by atoms with Gasteiger partial charge in [0, 0.05) is 21.5 Å².